The van der Waals surface area contributed by atoms with Crippen molar-refractivity contribution in [3.05, 3.63) is 59.4 Å². The Hall–Kier alpha value is -3.20. The molecule has 0 saturated heterocycles. The van der Waals surface area contributed by atoms with Crippen molar-refractivity contribution in [3.8, 4) is 17.2 Å². The van der Waals surface area contributed by atoms with E-state index < -0.39 is 6.04 Å². The summed E-state index contributed by atoms with van der Waals surface area (Å²) in [6.45, 7) is 0. The van der Waals surface area contributed by atoms with Gasteiger partial charge in [0.05, 0.1) is 32.9 Å². The topological polar surface area (TPSA) is 87.5 Å². The largest absolute Gasteiger partial charge is 0.493 e. The zero-order valence-corrected chi connectivity index (χ0v) is 22.8. The molecule has 1 fully saturated rings. The second-order valence-electron chi connectivity index (χ2n) is 9.31. The predicted molar refractivity (Wildman–Crippen MR) is 145 cm³/mol. The number of hydrogen-bond acceptors (Lipinski definition) is 7. The maximum absolute atomic E-state index is 13.6. The van der Waals surface area contributed by atoms with Crippen molar-refractivity contribution in [1.82, 2.24) is 20.1 Å². The summed E-state index contributed by atoms with van der Waals surface area (Å²) < 4.78 is 18.4. The van der Waals surface area contributed by atoms with Crippen molar-refractivity contribution in [2.24, 2.45) is 13.0 Å². The van der Waals surface area contributed by atoms with E-state index in [0.717, 1.165) is 22.4 Å². The van der Waals surface area contributed by atoms with Crippen LogP contribution in [0, 0.1) is 5.92 Å². The summed E-state index contributed by atoms with van der Waals surface area (Å²) in [4.78, 5) is 13.6. The number of aromatic nitrogens is 3. The molecule has 3 aromatic rings. The van der Waals surface area contributed by atoms with Gasteiger partial charge in [-0.1, -0.05) is 61.4 Å². The summed E-state index contributed by atoms with van der Waals surface area (Å²) in [5.41, 5.74) is 1.44. The third kappa shape index (κ3) is 6.39. The first-order valence-corrected chi connectivity index (χ1v) is 13.7. The van der Waals surface area contributed by atoms with Crippen molar-refractivity contribution >= 4 is 17.7 Å². The lowest BCUT2D eigenvalue weighted by atomic mass is 9.91. The van der Waals surface area contributed by atoms with Crippen LogP contribution in [0.5, 0.6) is 17.2 Å². The normalized spacial score (nSPS) is 14.7. The van der Waals surface area contributed by atoms with Crippen LogP contribution < -0.4 is 19.5 Å². The molecule has 1 amide bonds. The van der Waals surface area contributed by atoms with E-state index in [9.17, 15) is 4.79 Å². The van der Waals surface area contributed by atoms with E-state index >= 15 is 0 Å². The maximum atomic E-state index is 13.6. The molecule has 1 aliphatic carbocycles. The minimum Gasteiger partial charge on any atom is -0.493 e. The number of methoxy groups -OCH3 is 3. The van der Waals surface area contributed by atoms with Crippen molar-refractivity contribution in [2.45, 2.75) is 49.7 Å². The number of hydrogen-bond donors (Lipinski definition) is 1. The zero-order chi connectivity index (χ0) is 26.2. The van der Waals surface area contributed by atoms with Gasteiger partial charge < -0.3 is 24.1 Å². The highest BCUT2D eigenvalue weighted by Gasteiger charge is 2.27. The number of benzene rings is 2. The number of thioether (sulfide) groups is 1. The molecule has 1 saturated carbocycles. The van der Waals surface area contributed by atoms with E-state index in [0.29, 0.717) is 35.1 Å². The molecule has 0 unspecified atom stereocenters. The fourth-order valence-electron chi connectivity index (χ4n) is 4.87. The fraction of sp³-hybridized carbons (Fsp3) is 0.464. The standard InChI is InChI=1S/C28H36N4O4S/c1-32-26(30-31-28(32)37-18-20-13-9-6-10-14-20)22(17-19-11-7-5-8-12-19)29-27(33)21-15-16-23(34-2)25(36-4)24(21)35-3/h5,7-8,11-12,15-16,20,22H,6,9-10,13-14,17-18H2,1-4H3,(H,29,33)/t22-/m0/s1. The van der Waals surface area contributed by atoms with E-state index in [1.54, 1.807) is 31.0 Å². The maximum Gasteiger partial charge on any atom is 0.255 e. The number of amides is 1. The van der Waals surface area contributed by atoms with Gasteiger partial charge in [0.25, 0.3) is 5.91 Å². The fourth-order valence-corrected chi connectivity index (χ4v) is 5.98. The van der Waals surface area contributed by atoms with Gasteiger partial charge in [-0.05, 0) is 42.9 Å². The summed E-state index contributed by atoms with van der Waals surface area (Å²) in [5.74, 6) is 3.38. The van der Waals surface area contributed by atoms with Crippen LogP contribution in [0.3, 0.4) is 0 Å². The van der Waals surface area contributed by atoms with Gasteiger partial charge in [0, 0.05) is 12.8 Å². The quantitative estimate of drug-likeness (QED) is 0.344. The lowest BCUT2D eigenvalue weighted by Gasteiger charge is -2.21. The minimum atomic E-state index is -0.394. The Kier molecular flexibility index (Phi) is 9.33. The van der Waals surface area contributed by atoms with Gasteiger partial charge in [0.1, 0.15) is 0 Å². The molecule has 37 heavy (non-hydrogen) atoms. The Labute approximate surface area is 223 Å². The molecule has 0 bridgehead atoms. The van der Waals surface area contributed by atoms with Crippen LogP contribution in [0.1, 0.15) is 59.9 Å². The number of nitrogens with zero attached hydrogens (tertiary/aromatic N) is 3. The van der Waals surface area contributed by atoms with Gasteiger partial charge in [0.15, 0.2) is 22.5 Å². The summed E-state index contributed by atoms with van der Waals surface area (Å²) in [6, 6.07) is 13.0. The Morgan fingerprint density at radius 1 is 1.00 bits per heavy atom. The number of carbonyl (C=O) groups is 1. The van der Waals surface area contributed by atoms with Gasteiger partial charge in [0.2, 0.25) is 5.75 Å². The molecule has 0 aliphatic heterocycles. The van der Waals surface area contributed by atoms with Gasteiger partial charge in [-0.25, -0.2) is 0 Å². The van der Waals surface area contributed by atoms with Crippen molar-refractivity contribution in [1.29, 1.82) is 0 Å². The monoisotopic (exact) mass is 524 g/mol. The summed E-state index contributed by atoms with van der Waals surface area (Å²) in [7, 11) is 6.55. The predicted octanol–water partition coefficient (Wildman–Crippen LogP) is 5.23. The molecule has 198 valence electrons. The number of carbonyl (C=O) groups excluding carboxylic acids is 1. The molecule has 1 atom stereocenters. The van der Waals surface area contributed by atoms with E-state index in [1.807, 2.05) is 41.9 Å². The van der Waals surface area contributed by atoms with Crippen LogP contribution in [0.25, 0.3) is 0 Å². The Balaban J connectivity index is 1.59. The molecule has 0 spiro atoms. The van der Waals surface area contributed by atoms with E-state index in [1.165, 1.54) is 46.3 Å². The lowest BCUT2D eigenvalue weighted by molar-refractivity contribution is 0.0930. The first-order valence-electron chi connectivity index (χ1n) is 12.7. The first-order chi connectivity index (χ1) is 18.0. The van der Waals surface area contributed by atoms with Gasteiger partial charge in [-0.2, -0.15) is 0 Å². The van der Waals surface area contributed by atoms with Crippen LogP contribution in [-0.4, -0.2) is 47.8 Å². The molecular formula is C28H36N4O4S. The minimum absolute atomic E-state index is 0.293. The Morgan fingerprint density at radius 2 is 1.73 bits per heavy atom. The van der Waals surface area contributed by atoms with Crippen molar-refractivity contribution < 1.29 is 19.0 Å². The van der Waals surface area contributed by atoms with Crippen molar-refractivity contribution in [3.63, 3.8) is 0 Å². The summed E-state index contributed by atoms with van der Waals surface area (Å²) in [5, 5.41) is 13.1. The van der Waals surface area contributed by atoms with Crippen LogP contribution >= 0.6 is 11.8 Å². The van der Waals surface area contributed by atoms with Crippen molar-refractivity contribution in [2.75, 3.05) is 27.1 Å². The van der Waals surface area contributed by atoms with Gasteiger partial charge in [-0.15, -0.1) is 10.2 Å². The third-order valence-electron chi connectivity index (χ3n) is 6.89. The highest BCUT2D eigenvalue weighted by molar-refractivity contribution is 7.99. The smallest absolute Gasteiger partial charge is 0.255 e. The second-order valence-corrected chi connectivity index (χ2v) is 10.3. The molecule has 1 aliphatic rings. The van der Waals surface area contributed by atoms with Crippen LogP contribution in [0.2, 0.25) is 0 Å². The van der Waals surface area contributed by atoms with E-state index in [-0.39, 0.29) is 5.91 Å². The van der Waals surface area contributed by atoms with Gasteiger partial charge >= 0.3 is 0 Å². The second kappa shape index (κ2) is 12.9. The third-order valence-corrected chi connectivity index (χ3v) is 8.14. The molecule has 1 aromatic heterocycles. The molecule has 2 aromatic carbocycles. The Morgan fingerprint density at radius 3 is 2.41 bits per heavy atom. The summed E-state index contributed by atoms with van der Waals surface area (Å²) >= 11 is 1.75. The molecule has 0 radical (unpaired) electrons. The number of nitrogens with one attached hydrogen (secondary N) is 1. The highest BCUT2D eigenvalue weighted by Crippen LogP contribution is 2.40. The van der Waals surface area contributed by atoms with Crippen LogP contribution in [0.4, 0.5) is 0 Å². The summed E-state index contributed by atoms with van der Waals surface area (Å²) in [6.07, 6.45) is 7.14. The molecule has 4 rings (SSSR count). The molecule has 1 heterocycles. The average molecular weight is 525 g/mol. The number of ether oxygens (including phenoxy) is 3. The molecular weight excluding hydrogens is 488 g/mol. The van der Waals surface area contributed by atoms with E-state index in [4.69, 9.17) is 14.2 Å². The molecule has 9 heteroatoms. The first kappa shape index (κ1) is 26.9. The molecule has 1 N–H and O–H groups in total. The number of rotatable bonds is 11. The average Bonchev–Trinajstić information content (AvgIpc) is 3.31. The Bertz CT molecular complexity index is 1180. The van der Waals surface area contributed by atoms with E-state index in [2.05, 4.69) is 15.5 Å². The molecule has 8 nitrogen and oxygen atoms in total. The lowest BCUT2D eigenvalue weighted by Crippen LogP contribution is -2.32. The van der Waals surface area contributed by atoms with Crippen LogP contribution in [0.15, 0.2) is 47.6 Å². The van der Waals surface area contributed by atoms with Crippen LogP contribution in [-0.2, 0) is 13.5 Å². The highest BCUT2D eigenvalue weighted by atomic mass is 32.2. The SMILES string of the molecule is COc1ccc(C(=O)N[C@@H](Cc2ccccc2)c2nnc(SCC3CCCCC3)n2C)c(OC)c1OC. The van der Waals surface area contributed by atoms with Gasteiger partial charge in [-0.3, -0.25) is 4.79 Å². The zero-order valence-electron chi connectivity index (χ0n) is 22.0.